The lowest BCUT2D eigenvalue weighted by molar-refractivity contribution is -0.139. The largest absolute Gasteiger partial charge is 0.480 e. The van der Waals surface area contributed by atoms with Gasteiger partial charge in [-0.3, -0.25) is 4.79 Å². The summed E-state index contributed by atoms with van der Waals surface area (Å²) in [6.07, 6.45) is 1.87. The van der Waals surface area contributed by atoms with Crippen LogP contribution in [0.15, 0.2) is 0 Å². The van der Waals surface area contributed by atoms with Crippen LogP contribution in [0.4, 0.5) is 4.79 Å². The topological polar surface area (TPSA) is 113 Å². The number of nitrogens with one attached hydrogen (secondary N) is 1. The van der Waals surface area contributed by atoms with Gasteiger partial charge in [-0.15, -0.1) is 0 Å². The highest BCUT2D eigenvalue weighted by Gasteiger charge is 2.33. The smallest absolute Gasteiger partial charge is 0.326 e. The minimum Gasteiger partial charge on any atom is -0.480 e. The van der Waals surface area contributed by atoms with Crippen molar-refractivity contribution in [2.24, 2.45) is 5.73 Å². The van der Waals surface area contributed by atoms with Crippen molar-refractivity contribution in [3.8, 4) is 0 Å². The van der Waals surface area contributed by atoms with Gasteiger partial charge in [-0.05, 0) is 26.2 Å². The van der Waals surface area contributed by atoms with Crippen molar-refractivity contribution in [3.05, 3.63) is 0 Å². The highest BCUT2D eigenvalue weighted by atomic mass is 16.4. The third-order valence-electron chi connectivity index (χ3n) is 2.86. The van der Waals surface area contributed by atoms with Gasteiger partial charge in [0.25, 0.3) is 0 Å². The number of amides is 3. The third-order valence-corrected chi connectivity index (χ3v) is 2.86. The Kier molecular flexibility index (Phi) is 4.94. The Balaban J connectivity index is 2.50. The van der Waals surface area contributed by atoms with Gasteiger partial charge in [-0.2, -0.15) is 0 Å². The van der Waals surface area contributed by atoms with Crippen molar-refractivity contribution >= 4 is 17.9 Å². The number of carbonyl (C=O) groups is 3. The van der Waals surface area contributed by atoms with Crippen LogP contribution in [-0.2, 0) is 9.59 Å². The fourth-order valence-corrected chi connectivity index (χ4v) is 1.73. The summed E-state index contributed by atoms with van der Waals surface area (Å²) in [5.41, 5.74) is 4.96. The number of carbonyl (C=O) groups excluding carboxylic acids is 2. The van der Waals surface area contributed by atoms with Crippen LogP contribution in [0.1, 0.15) is 32.6 Å². The molecule has 0 aliphatic heterocycles. The Labute approximate surface area is 105 Å². The van der Waals surface area contributed by atoms with Crippen molar-refractivity contribution in [1.82, 2.24) is 10.2 Å². The molecular formula is C11H19N3O4. The highest BCUT2D eigenvalue weighted by molar-refractivity contribution is 5.83. The molecule has 18 heavy (non-hydrogen) atoms. The van der Waals surface area contributed by atoms with E-state index in [1.165, 1.54) is 0 Å². The SMILES string of the molecule is CCN(C(=O)NC(CCC(N)=O)C(=O)O)C1CC1. The lowest BCUT2D eigenvalue weighted by Crippen LogP contribution is -2.48. The number of rotatable bonds is 7. The van der Waals surface area contributed by atoms with E-state index in [2.05, 4.69) is 5.32 Å². The number of carboxylic acid groups (broad SMARTS) is 1. The van der Waals surface area contributed by atoms with Gasteiger partial charge in [0.05, 0.1) is 0 Å². The van der Waals surface area contributed by atoms with Gasteiger partial charge in [0, 0.05) is 19.0 Å². The van der Waals surface area contributed by atoms with Crippen LogP contribution in [0.25, 0.3) is 0 Å². The summed E-state index contributed by atoms with van der Waals surface area (Å²) in [5, 5.41) is 11.4. The first-order chi connectivity index (χ1) is 8.45. The molecule has 0 spiro atoms. The number of carboxylic acids is 1. The number of aliphatic carboxylic acids is 1. The molecule has 0 aromatic carbocycles. The maximum Gasteiger partial charge on any atom is 0.326 e. The molecule has 1 aliphatic carbocycles. The summed E-state index contributed by atoms with van der Waals surface area (Å²) < 4.78 is 0. The van der Waals surface area contributed by atoms with E-state index in [1.807, 2.05) is 6.92 Å². The van der Waals surface area contributed by atoms with E-state index in [-0.39, 0.29) is 18.9 Å². The molecule has 1 fully saturated rings. The summed E-state index contributed by atoms with van der Waals surface area (Å²) in [6.45, 7) is 2.38. The molecule has 7 nitrogen and oxygen atoms in total. The van der Waals surface area contributed by atoms with Crippen molar-refractivity contribution in [2.45, 2.75) is 44.7 Å². The van der Waals surface area contributed by atoms with Crippen molar-refractivity contribution in [3.63, 3.8) is 0 Å². The monoisotopic (exact) mass is 257 g/mol. The molecule has 0 saturated heterocycles. The van der Waals surface area contributed by atoms with Crippen molar-refractivity contribution in [1.29, 1.82) is 0 Å². The molecular weight excluding hydrogens is 238 g/mol. The predicted molar refractivity (Wildman–Crippen MR) is 63.8 cm³/mol. The molecule has 0 bridgehead atoms. The van der Waals surface area contributed by atoms with Gasteiger partial charge in [0.15, 0.2) is 0 Å². The summed E-state index contributed by atoms with van der Waals surface area (Å²) in [5.74, 6) is -1.73. The standard InChI is InChI=1S/C11H19N3O4/c1-2-14(7-3-4-7)11(18)13-8(10(16)17)5-6-9(12)15/h7-8H,2-6H2,1H3,(H2,12,15)(H,13,18)(H,16,17). The van der Waals surface area contributed by atoms with Gasteiger partial charge in [-0.25, -0.2) is 9.59 Å². The van der Waals surface area contributed by atoms with Crippen LogP contribution < -0.4 is 11.1 Å². The van der Waals surface area contributed by atoms with Gasteiger partial charge in [0.2, 0.25) is 5.91 Å². The minimum atomic E-state index is -1.16. The first kappa shape index (κ1) is 14.3. The van der Waals surface area contributed by atoms with E-state index >= 15 is 0 Å². The second kappa shape index (κ2) is 6.23. The Bertz CT molecular complexity index is 341. The molecule has 1 unspecified atom stereocenters. The van der Waals surface area contributed by atoms with Crippen LogP contribution in [0.5, 0.6) is 0 Å². The number of hydrogen-bond acceptors (Lipinski definition) is 3. The molecule has 1 rings (SSSR count). The number of hydrogen-bond donors (Lipinski definition) is 3. The average molecular weight is 257 g/mol. The molecule has 1 atom stereocenters. The van der Waals surface area contributed by atoms with Gasteiger partial charge in [0.1, 0.15) is 6.04 Å². The number of urea groups is 1. The Morgan fingerprint density at radius 1 is 1.44 bits per heavy atom. The molecule has 4 N–H and O–H groups in total. The van der Waals surface area contributed by atoms with Crippen molar-refractivity contribution < 1.29 is 19.5 Å². The molecule has 102 valence electrons. The van der Waals surface area contributed by atoms with Crippen LogP contribution in [0.2, 0.25) is 0 Å². The van der Waals surface area contributed by atoms with E-state index < -0.39 is 23.9 Å². The normalized spacial score (nSPS) is 15.8. The van der Waals surface area contributed by atoms with E-state index in [0.717, 1.165) is 12.8 Å². The van der Waals surface area contributed by atoms with Crippen LogP contribution in [0.3, 0.4) is 0 Å². The molecule has 7 heteroatoms. The third kappa shape index (κ3) is 4.23. The Morgan fingerprint density at radius 2 is 2.06 bits per heavy atom. The summed E-state index contributed by atoms with van der Waals surface area (Å²) >= 11 is 0. The van der Waals surface area contributed by atoms with E-state index in [0.29, 0.717) is 6.54 Å². The fraction of sp³-hybridized carbons (Fsp3) is 0.727. The lowest BCUT2D eigenvalue weighted by Gasteiger charge is -2.23. The molecule has 3 amide bonds. The zero-order chi connectivity index (χ0) is 13.7. The highest BCUT2D eigenvalue weighted by Crippen LogP contribution is 2.26. The summed E-state index contributed by atoms with van der Waals surface area (Å²) in [6, 6.07) is -1.24. The molecule has 1 aliphatic rings. The van der Waals surface area contributed by atoms with Gasteiger partial charge >= 0.3 is 12.0 Å². The first-order valence-electron chi connectivity index (χ1n) is 6.04. The zero-order valence-electron chi connectivity index (χ0n) is 10.4. The van der Waals surface area contributed by atoms with Crippen molar-refractivity contribution in [2.75, 3.05) is 6.54 Å². The molecule has 0 heterocycles. The zero-order valence-corrected chi connectivity index (χ0v) is 10.4. The molecule has 1 saturated carbocycles. The fourth-order valence-electron chi connectivity index (χ4n) is 1.73. The lowest BCUT2D eigenvalue weighted by atomic mass is 10.1. The number of primary amides is 1. The van der Waals surface area contributed by atoms with Gasteiger partial charge in [-0.1, -0.05) is 0 Å². The van der Waals surface area contributed by atoms with E-state index in [9.17, 15) is 14.4 Å². The van der Waals surface area contributed by atoms with Crippen LogP contribution >= 0.6 is 0 Å². The Morgan fingerprint density at radius 3 is 2.44 bits per heavy atom. The number of nitrogens with zero attached hydrogens (tertiary/aromatic N) is 1. The molecule has 0 aromatic rings. The minimum absolute atomic E-state index is 0.0125. The van der Waals surface area contributed by atoms with Crippen LogP contribution in [-0.4, -0.2) is 46.5 Å². The predicted octanol–water partition coefficient (Wildman–Crippen LogP) is -0.101. The maximum atomic E-state index is 11.9. The van der Waals surface area contributed by atoms with E-state index in [1.54, 1.807) is 4.90 Å². The summed E-state index contributed by atoms with van der Waals surface area (Å²) in [4.78, 5) is 35.0. The summed E-state index contributed by atoms with van der Waals surface area (Å²) in [7, 11) is 0. The first-order valence-corrected chi connectivity index (χ1v) is 6.04. The van der Waals surface area contributed by atoms with E-state index in [4.69, 9.17) is 10.8 Å². The average Bonchev–Trinajstić information content (AvgIpc) is 3.08. The van der Waals surface area contributed by atoms with Crippen LogP contribution in [0, 0.1) is 0 Å². The van der Waals surface area contributed by atoms with Gasteiger partial charge < -0.3 is 21.1 Å². The maximum absolute atomic E-state index is 11.9. The Hall–Kier alpha value is -1.79. The second-order valence-corrected chi connectivity index (χ2v) is 4.36. The number of nitrogens with two attached hydrogens (primary N) is 1. The molecule has 0 aromatic heterocycles. The molecule has 0 radical (unpaired) electrons. The second-order valence-electron chi connectivity index (χ2n) is 4.36. The quantitative estimate of drug-likeness (QED) is 0.591.